The highest BCUT2D eigenvalue weighted by Crippen LogP contribution is 2.21. The molecule has 0 spiro atoms. The van der Waals surface area contributed by atoms with Gasteiger partial charge in [-0.25, -0.2) is 0 Å². The molecule has 1 aromatic rings. The molecular formula is C14H20N2O3. The molecular weight excluding hydrogens is 244 g/mol. The maximum atomic E-state index is 10.6. The van der Waals surface area contributed by atoms with Crippen molar-refractivity contribution in [3.05, 3.63) is 39.9 Å². The number of nitrogens with zero attached hydrogens (tertiary/aromatic N) is 1. The van der Waals surface area contributed by atoms with Crippen molar-refractivity contribution in [3.63, 3.8) is 0 Å². The minimum Gasteiger partial charge on any atom is -0.381 e. The van der Waals surface area contributed by atoms with Gasteiger partial charge in [0.2, 0.25) is 0 Å². The van der Waals surface area contributed by atoms with Gasteiger partial charge >= 0.3 is 0 Å². The SMILES string of the molecule is CCNC(Cc1ccc([N+](=O)[O-])cc1)C1CCOC1. The van der Waals surface area contributed by atoms with Crippen LogP contribution in [0.25, 0.3) is 0 Å². The van der Waals surface area contributed by atoms with Crippen molar-refractivity contribution in [3.8, 4) is 0 Å². The Morgan fingerprint density at radius 3 is 2.74 bits per heavy atom. The summed E-state index contributed by atoms with van der Waals surface area (Å²) in [6.07, 6.45) is 1.98. The third-order valence-corrected chi connectivity index (χ3v) is 3.60. The van der Waals surface area contributed by atoms with Gasteiger partial charge in [0, 0.05) is 30.7 Å². The standard InChI is InChI=1S/C14H20N2O3/c1-2-15-14(12-7-8-19-10-12)9-11-3-5-13(6-4-11)16(17)18/h3-6,12,14-15H,2,7-10H2,1H3. The number of nitro groups is 1. The monoisotopic (exact) mass is 264 g/mol. The normalized spacial score (nSPS) is 20.4. The number of hydrogen-bond acceptors (Lipinski definition) is 4. The molecule has 0 aromatic heterocycles. The summed E-state index contributed by atoms with van der Waals surface area (Å²) in [5, 5.41) is 14.1. The molecule has 0 amide bonds. The molecule has 1 N–H and O–H groups in total. The van der Waals surface area contributed by atoms with Crippen LogP contribution in [0.15, 0.2) is 24.3 Å². The summed E-state index contributed by atoms with van der Waals surface area (Å²) >= 11 is 0. The van der Waals surface area contributed by atoms with Crippen LogP contribution in [-0.4, -0.2) is 30.7 Å². The van der Waals surface area contributed by atoms with Gasteiger partial charge in [0.15, 0.2) is 0 Å². The zero-order valence-electron chi connectivity index (χ0n) is 11.2. The van der Waals surface area contributed by atoms with E-state index in [-0.39, 0.29) is 10.6 Å². The number of ether oxygens (including phenoxy) is 1. The van der Waals surface area contributed by atoms with Crippen molar-refractivity contribution in [1.29, 1.82) is 0 Å². The lowest BCUT2D eigenvalue weighted by Gasteiger charge is -2.23. The van der Waals surface area contributed by atoms with Gasteiger partial charge in [0.25, 0.3) is 5.69 Å². The summed E-state index contributed by atoms with van der Waals surface area (Å²) in [5.41, 5.74) is 1.27. The Morgan fingerprint density at radius 1 is 1.47 bits per heavy atom. The zero-order chi connectivity index (χ0) is 13.7. The Kier molecular flexibility index (Phi) is 4.87. The van der Waals surface area contributed by atoms with E-state index >= 15 is 0 Å². The highest BCUT2D eigenvalue weighted by Gasteiger charge is 2.25. The molecule has 0 aliphatic carbocycles. The number of rotatable bonds is 6. The van der Waals surface area contributed by atoms with Crippen LogP contribution in [0.5, 0.6) is 0 Å². The fraction of sp³-hybridized carbons (Fsp3) is 0.571. The molecule has 5 nitrogen and oxygen atoms in total. The fourth-order valence-electron chi connectivity index (χ4n) is 2.55. The first-order valence-corrected chi connectivity index (χ1v) is 6.75. The smallest absolute Gasteiger partial charge is 0.269 e. The summed E-state index contributed by atoms with van der Waals surface area (Å²) in [5.74, 6) is 0.537. The second-order valence-electron chi connectivity index (χ2n) is 4.92. The van der Waals surface area contributed by atoms with Crippen molar-refractivity contribution < 1.29 is 9.66 Å². The van der Waals surface area contributed by atoms with E-state index in [0.717, 1.165) is 38.2 Å². The number of benzene rings is 1. The number of likely N-dealkylation sites (N-methyl/N-ethyl adjacent to an activating group) is 1. The van der Waals surface area contributed by atoms with Crippen molar-refractivity contribution in [2.24, 2.45) is 5.92 Å². The highest BCUT2D eigenvalue weighted by molar-refractivity contribution is 5.33. The van der Waals surface area contributed by atoms with E-state index in [1.165, 1.54) is 0 Å². The second-order valence-corrected chi connectivity index (χ2v) is 4.92. The van der Waals surface area contributed by atoms with E-state index in [1.54, 1.807) is 12.1 Å². The minimum absolute atomic E-state index is 0.146. The Bertz CT molecular complexity index is 413. The van der Waals surface area contributed by atoms with Crippen molar-refractivity contribution in [2.75, 3.05) is 19.8 Å². The molecule has 0 bridgehead atoms. The van der Waals surface area contributed by atoms with Gasteiger partial charge in [0.05, 0.1) is 11.5 Å². The molecule has 1 saturated heterocycles. The summed E-state index contributed by atoms with van der Waals surface area (Å²) in [6, 6.07) is 7.22. The topological polar surface area (TPSA) is 64.4 Å². The number of non-ortho nitro benzene ring substituents is 1. The predicted molar refractivity (Wildman–Crippen MR) is 73.2 cm³/mol. The van der Waals surface area contributed by atoms with Crippen LogP contribution >= 0.6 is 0 Å². The Morgan fingerprint density at radius 2 is 2.21 bits per heavy atom. The first-order valence-electron chi connectivity index (χ1n) is 6.75. The van der Waals surface area contributed by atoms with E-state index in [2.05, 4.69) is 12.2 Å². The third kappa shape index (κ3) is 3.75. The summed E-state index contributed by atoms with van der Waals surface area (Å²) < 4.78 is 5.44. The van der Waals surface area contributed by atoms with E-state index in [1.807, 2.05) is 12.1 Å². The minimum atomic E-state index is -0.365. The molecule has 1 aromatic carbocycles. The summed E-state index contributed by atoms with van der Waals surface area (Å²) in [4.78, 5) is 10.3. The molecule has 19 heavy (non-hydrogen) atoms. The maximum absolute atomic E-state index is 10.6. The molecule has 1 aliphatic rings. The van der Waals surface area contributed by atoms with E-state index < -0.39 is 0 Å². The lowest BCUT2D eigenvalue weighted by molar-refractivity contribution is -0.384. The van der Waals surface area contributed by atoms with E-state index in [9.17, 15) is 10.1 Å². The quantitative estimate of drug-likeness (QED) is 0.631. The largest absolute Gasteiger partial charge is 0.381 e. The zero-order valence-corrected chi connectivity index (χ0v) is 11.2. The van der Waals surface area contributed by atoms with Gasteiger partial charge < -0.3 is 10.1 Å². The molecule has 104 valence electrons. The highest BCUT2D eigenvalue weighted by atomic mass is 16.6. The second kappa shape index (κ2) is 6.63. The van der Waals surface area contributed by atoms with E-state index in [0.29, 0.717) is 12.0 Å². The van der Waals surface area contributed by atoms with Crippen LogP contribution in [0.4, 0.5) is 5.69 Å². The molecule has 5 heteroatoms. The van der Waals surface area contributed by atoms with Gasteiger partial charge in [-0.15, -0.1) is 0 Å². The molecule has 2 unspecified atom stereocenters. The average molecular weight is 264 g/mol. The van der Waals surface area contributed by atoms with Crippen LogP contribution in [0.3, 0.4) is 0 Å². The van der Waals surface area contributed by atoms with Crippen molar-refractivity contribution >= 4 is 5.69 Å². The van der Waals surface area contributed by atoms with Crippen LogP contribution in [0.2, 0.25) is 0 Å². The summed E-state index contributed by atoms with van der Waals surface area (Å²) in [7, 11) is 0. The first-order chi connectivity index (χ1) is 9.20. The Labute approximate surface area is 113 Å². The molecule has 1 heterocycles. The van der Waals surface area contributed by atoms with E-state index in [4.69, 9.17) is 4.74 Å². The number of hydrogen-bond donors (Lipinski definition) is 1. The lowest BCUT2D eigenvalue weighted by Crippen LogP contribution is -2.38. The first kappa shape index (κ1) is 14.0. The molecule has 1 aliphatic heterocycles. The van der Waals surface area contributed by atoms with Crippen LogP contribution in [0.1, 0.15) is 18.9 Å². The molecule has 0 saturated carbocycles. The van der Waals surface area contributed by atoms with Crippen molar-refractivity contribution in [1.82, 2.24) is 5.32 Å². The molecule has 1 fully saturated rings. The van der Waals surface area contributed by atoms with Crippen molar-refractivity contribution in [2.45, 2.75) is 25.8 Å². The summed E-state index contributed by atoms with van der Waals surface area (Å²) in [6.45, 7) is 4.67. The van der Waals surface area contributed by atoms with Gasteiger partial charge in [-0.3, -0.25) is 10.1 Å². The maximum Gasteiger partial charge on any atom is 0.269 e. The molecule has 2 atom stereocenters. The van der Waals surface area contributed by atoms with Gasteiger partial charge in [0.1, 0.15) is 0 Å². The average Bonchev–Trinajstić information content (AvgIpc) is 2.92. The van der Waals surface area contributed by atoms with Crippen LogP contribution in [0, 0.1) is 16.0 Å². The number of nitro benzene ring substituents is 1. The fourth-order valence-corrected chi connectivity index (χ4v) is 2.55. The van der Waals surface area contributed by atoms with Gasteiger partial charge in [-0.2, -0.15) is 0 Å². The van der Waals surface area contributed by atoms with Crippen LogP contribution in [-0.2, 0) is 11.2 Å². The molecule has 0 radical (unpaired) electrons. The van der Waals surface area contributed by atoms with Gasteiger partial charge in [-0.1, -0.05) is 19.1 Å². The third-order valence-electron chi connectivity index (χ3n) is 3.60. The predicted octanol–water partition coefficient (Wildman–Crippen LogP) is 2.15. The molecule has 2 rings (SSSR count). The number of nitrogens with one attached hydrogen (secondary N) is 1. The van der Waals surface area contributed by atoms with Gasteiger partial charge in [-0.05, 0) is 24.9 Å². The van der Waals surface area contributed by atoms with Crippen LogP contribution < -0.4 is 5.32 Å². The Balaban J connectivity index is 2.01. The Hall–Kier alpha value is -1.46. The lowest BCUT2D eigenvalue weighted by atomic mass is 9.93.